The van der Waals surface area contributed by atoms with E-state index in [1.165, 1.54) is 5.56 Å². The van der Waals surface area contributed by atoms with Gasteiger partial charge in [-0.05, 0) is 44.6 Å². The van der Waals surface area contributed by atoms with Gasteiger partial charge in [-0.1, -0.05) is 17.7 Å². The molecule has 2 rings (SSSR count). The number of anilines is 1. The van der Waals surface area contributed by atoms with Gasteiger partial charge in [-0.25, -0.2) is 8.42 Å². The van der Waals surface area contributed by atoms with Gasteiger partial charge in [0, 0.05) is 24.3 Å². The van der Waals surface area contributed by atoms with Crippen LogP contribution in [0, 0.1) is 6.92 Å². The first-order chi connectivity index (χ1) is 10.3. The van der Waals surface area contributed by atoms with E-state index in [-0.39, 0.29) is 17.0 Å². The minimum absolute atomic E-state index is 0.214. The highest BCUT2D eigenvalue weighted by Crippen LogP contribution is 2.22. The molecule has 7 heteroatoms. The van der Waals surface area contributed by atoms with Crippen molar-refractivity contribution in [3.8, 4) is 0 Å². The zero-order valence-corrected chi connectivity index (χ0v) is 14.6. The molecule has 0 bridgehead atoms. The first kappa shape index (κ1) is 17.2. The summed E-state index contributed by atoms with van der Waals surface area (Å²) in [6, 6.07) is 8.00. The van der Waals surface area contributed by atoms with Crippen molar-refractivity contribution in [2.24, 2.45) is 0 Å². The number of hydrogen-bond donors (Lipinski definition) is 3. The molecule has 0 radical (unpaired) electrons. The van der Waals surface area contributed by atoms with Crippen molar-refractivity contribution in [3.05, 3.63) is 29.8 Å². The molecule has 1 aliphatic heterocycles. The van der Waals surface area contributed by atoms with Crippen molar-refractivity contribution in [2.75, 3.05) is 29.9 Å². The maximum atomic E-state index is 11.5. The molecule has 0 spiro atoms. The Balaban J connectivity index is 1.68. The highest BCUT2D eigenvalue weighted by atomic mass is 32.2. The van der Waals surface area contributed by atoms with Crippen LogP contribution in [-0.4, -0.2) is 43.7 Å². The highest BCUT2D eigenvalue weighted by Gasteiger charge is 2.37. The van der Waals surface area contributed by atoms with Gasteiger partial charge >= 0.3 is 0 Å². The molecule has 0 unspecified atom stereocenters. The fourth-order valence-electron chi connectivity index (χ4n) is 2.50. The van der Waals surface area contributed by atoms with E-state index < -0.39 is 9.84 Å². The molecule has 122 valence electrons. The van der Waals surface area contributed by atoms with Crippen molar-refractivity contribution in [2.45, 2.75) is 25.8 Å². The third-order valence-corrected chi connectivity index (χ3v) is 5.92. The molecule has 1 aromatic rings. The molecule has 0 aromatic heterocycles. The lowest BCUT2D eigenvalue weighted by molar-refractivity contribution is 0.400. The normalized spacial score (nSPS) is 23.2. The topological polar surface area (TPSA) is 70.2 Å². The molecule has 1 aliphatic rings. The molecule has 0 aliphatic carbocycles. The quantitative estimate of drug-likeness (QED) is 0.556. The Morgan fingerprint density at radius 2 is 1.95 bits per heavy atom. The van der Waals surface area contributed by atoms with Crippen LogP contribution >= 0.6 is 12.2 Å². The standard InChI is InChI=1S/C15H23N3O2S2/c1-12-3-5-13(6-4-12)18-14(21)16-8-9-17-15(2)7-10-22(19,20)11-15/h3-6,17H,7-11H2,1-2H3,(H2,16,18,21)/t15-/m1/s1. The molecule has 1 fully saturated rings. The number of benzene rings is 1. The highest BCUT2D eigenvalue weighted by molar-refractivity contribution is 7.91. The van der Waals surface area contributed by atoms with Gasteiger partial charge < -0.3 is 16.0 Å². The van der Waals surface area contributed by atoms with Crippen LogP contribution in [0.3, 0.4) is 0 Å². The van der Waals surface area contributed by atoms with Crippen molar-refractivity contribution in [1.82, 2.24) is 10.6 Å². The van der Waals surface area contributed by atoms with Crippen molar-refractivity contribution in [3.63, 3.8) is 0 Å². The number of sulfone groups is 1. The summed E-state index contributed by atoms with van der Waals surface area (Å²) in [5.74, 6) is 0.489. The second-order valence-electron chi connectivity index (χ2n) is 6.08. The summed E-state index contributed by atoms with van der Waals surface area (Å²) >= 11 is 5.24. The van der Waals surface area contributed by atoms with Gasteiger partial charge in [0.15, 0.2) is 14.9 Å². The van der Waals surface area contributed by atoms with Gasteiger partial charge in [0.25, 0.3) is 0 Å². The Bertz CT molecular complexity index is 629. The lowest BCUT2D eigenvalue weighted by Crippen LogP contribution is -2.47. The molecule has 5 nitrogen and oxygen atoms in total. The van der Waals surface area contributed by atoms with Crippen LogP contribution in [0.5, 0.6) is 0 Å². The Morgan fingerprint density at radius 3 is 2.55 bits per heavy atom. The van der Waals surface area contributed by atoms with Crippen LogP contribution in [-0.2, 0) is 9.84 Å². The van der Waals surface area contributed by atoms with Crippen LogP contribution < -0.4 is 16.0 Å². The predicted octanol–water partition coefficient (Wildman–Crippen LogP) is 1.45. The summed E-state index contributed by atoms with van der Waals surface area (Å²) in [6.45, 7) is 5.31. The molecule has 1 saturated heterocycles. The average Bonchev–Trinajstić information content (AvgIpc) is 2.72. The minimum Gasteiger partial charge on any atom is -0.361 e. The SMILES string of the molecule is Cc1ccc(NC(=S)NCCN[C@]2(C)CCS(=O)(=O)C2)cc1. The molecule has 1 atom stereocenters. The molecule has 0 amide bonds. The molecule has 22 heavy (non-hydrogen) atoms. The largest absolute Gasteiger partial charge is 0.361 e. The van der Waals surface area contributed by atoms with E-state index in [1.54, 1.807) is 0 Å². The van der Waals surface area contributed by atoms with E-state index in [0.717, 1.165) is 5.69 Å². The van der Waals surface area contributed by atoms with E-state index in [0.29, 0.717) is 24.6 Å². The van der Waals surface area contributed by atoms with Gasteiger partial charge in [-0.15, -0.1) is 0 Å². The van der Waals surface area contributed by atoms with Crippen molar-refractivity contribution in [1.29, 1.82) is 0 Å². The van der Waals surface area contributed by atoms with Crippen LogP contribution in [0.4, 0.5) is 5.69 Å². The smallest absolute Gasteiger partial charge is 0.170 e. The zero-order chi connectivity index (χ0) is 16.2. The number of hydrogen-bond acceptors (Lipinski definition) is 4. The average molecular weight is 342 g/mol. The lowest BCUT2D eigenvalue weighted by atomic mass is 10.0. The fourth-order valence-corrected chi connectivity index (χ4v) is 4.85. The summed E-state index contributed by atoms with van der Waals surface area (Å²) in [5, 5.41) is 10.1. The maximum Gasteiger partial charge on any atom is 0.170 e. The predicted molar refractivity (Wildman–Crippen MR) is 95.1 cm³/mol. The first-order valence-corrected chi connectivity index (χ1v) is 9.58. The minimum atomic E-state index is -2.87. The van der Waals surface area contributed by atoms with Crippen LogP contribution in [0.2, 0.25) is 0 Å². The van der Waals surface area contributed by atoms with Crippen molar-refractivity contribution >= 4 is 32.9 Å². The summed E-state index contributed by atoms with van der Waals surface area (Å²) in [4.78, 5) is 0. The second-order valence-corrected chi connectivity index (χ2v) is 8.67. The Morgan fingerprint density at radius 1 is 1.27 bits per heavy atom. The second kappa shape index (κ2) is 6.93. The fraction of sp³-hybridized carbons (Fsp3) is 0.533. The van der Waals surface area contributed by atoms with Gasteiger partial charge in [0.05, 0.1) is 11.5 Å². The van der Waals surface area contributed by atoms with Gasteiger partial charge in [0.2, 0.25) is 0 Å². The zero-order valence-electron chi connectivity index (χ0n) is 13.0. The summed E-state index contributed by atoms with van der Waals surface area (Å²) in [7, 11) is -2.87. The molecule has 1 aromatic carbocycles. The van der Waals surface area contributed by atoms with E-state index in [2.05, 4.69) is 16.0 Å². The maximum absolute atomic E-state index is 11.5. The summed E-state index contributed by atoms with van der Waals surface area (Å²) in [5.41, 5.74) is 1.84. The van der Waals surface area contributed by atoms with E-state index in [4.69, 9.17) is 12.2 Å². The van der Waals surface area contributed by atoms with Crippen LogP contribution in [0.25, 0.3) is 0 Å². The summed E-state index contributed by atoms with van der Waals surface area (Å²) in [6.07, 6.45) is 0.668. The third kappa shape index (κ3) is 5.23. The van der Waals surface area contributed by atoms with Crippen LogP contribution in [0.1, 0.15) is 18.9 Å². The van der Waals surface area contributed by atoms with Gasteiger partial charge in [-0.2, -0.15) is 0 Å². The number of thiocarbonyl (C=S) groups is 1. The number of nitrogens with one attached hydrogen (secondary N) is 3. The number of aryl methyl sites for hydroxylation is 1. The molecule has 3 N–H and O–H groups in total. The molecule has 0 saturated carbocycles. The lowest BCUT2D eigenvalue weighted by Gasteiger charge is -2.24. The molecule has 1 heterocycles. The Kier molecular flexibility index (Phi) is 5.41. The Labute approximate surface area is 137 Å². The summed E-state index contributed by atoms with van der Waals surface area (Å²) < 4.78 is 23.1. The Hall–Kier alpha value is -1.18. The number of rotatable bonds is 5. The van der Waals surface area contributed by atoms with Gasteiger partial charge in [0.1, 0.15) is 0 Å². The van der Waals surface area contributed by atoms with E-state index >= 15 is 0 Å². The molecular weight excluding hydrogens is 318 g/mol. The monoisotopic (exact) mass is 341 g/mol. The molecular formula is C15H23N3O2S2. The van der Waals surface area contributed by atoms with Crippen molar-refractivity contribution < 1.29 is 8.42 Å². The third-order valence-electron chi connectivity index (χ3n) is 3.78. The van der Waals surface area contributed by atoms with E-state index in [9.17, 15) is 8.42 Å². The first-order valence-electron chi connectivity index (χ1n) is 7.35. The van der Waals surface area contributed by atoms with E-state index in [1.807, 2.05) is 38.1 Å². The van der Waals surface area contributed by atoms with Crippen LogP contribution in [0.15, 0.2) is 24.3 Å². The van der Waals surface area contributed by atoms with Gasteiger partial charge in [-0.3, -0.25) is 0 Å².